The van der Waals surface area contributed by atoms with E-state index in [-0.39, 0.29) is 17.7 Å². The van der Waals surface area contributed by atoms with E-state index < -0.39 is 11.0 Å². The summed E-state index contributed by atoms with van der Waals surface area (Å²) < 4.78 is 14.2. The Balaban J connectivity index is 1.94. The summed E-state index contributed by atoms with van der Waals surface area (Å²) in [6.45, 7) is 3.64. The fraction of sp³-hybridized carbons (Fsp3) is 0.250. The predicted octanol–water partition coefficient (Wildman–Crippen LogP) is 1.65. The first-order valence-electron chi connectivity index (χ1n) is 5.12. The van der Waals surface area contributed by atoms with Crippen LogP contribution in [0.3, 0.4) is 0 Å². The second kappa shape index (κ2) is 4.61. The fourth-order valence-electron chi connectivity index (χ4n) is 1.55. The standard InChI is InChI=1S/C12H13NO2S/c1-2-9-8-11(9)12(14)13-16(15)10-6-4-3-5-7-10/h2-7,9,11H,1,8H2,(H,13,14). The maximum atomic E-state index is 11.7. The molecule has 2 rings (SSSR count). The zero-order chi connectivity index (χ0) is 11.5. The van der Waals surface area contributed by atoms with Crippen LogP contribution in [0.2, 0.25) is 0 Å². The average Bonchev–Trinajstić information content (AvgIpc) is 3.09. The van der Waals surface area contributed by atoms with Crippen LogP contribution in [0, 0.1) is 11.8 Å². The van der Waals surface area contributed by atoms with Crippen molar-refractivity contribution in [3.8, 4) is 0 Å². The quantitative estimate of drug-likeness (QED) is 0.806. The Morgan fingerprint density at radius 3 is 2.69 bits per heavy atom. The van der Waals surface area contributed by atoms with Crippen LogP contribution in [0.4, 0.5) is 0 Å². The van der Waals surface area contributed by atoms with Crippen LogP contribution in [-0.2, 0) is 15.8 Å². The van der Waals surface area contributed by atoms with Crippen molar-refractivity contribution >= 4 is 16.9 Å². The zero-order valence-corrected chi connectivity index (χ0v) is 9.57. The molecule has 3 unspecified atom stereocenters. The highest BCUT2D eigenvalue weighted by atomic mass is 32.2. The maximum absolute atomic E-state index is 11.7. The van der Waals surface area contributed by atoms with Gasteiger partial charge in [-0.15, -0.1) is 6.58 Å². The molecule has 0 heterocycles. The summed E-state index contributed by atoms with van der Waals surface area (Å²) in [5, 5.41) is 0. The van der Waals surface area contributed by atoms with Gasteiger partial charge in [-0.3, -0.25) is 9.52 Å². The molecule has 1 aliphatic carbocycles. The molecule has 1 aliphatic rings. The fourth-order valence-corrected chi connectivity index (χ4v) is 2.40. The third kappa shape index (κ3) is 2.39. The number of carbonyl (C=O) groups excluding carboxylic acids is 1. The van der Waals surface area contributed by atoms with Crippen LogP contribution in [0.25, 0.3) is 0 Å². The summed E-state index contributed by atoms with van der Waals surface area (Å²) in [7, 11) is -1.44. The van der Waals surface area contributed by atoms with Gasteiger partial charge >= 0.3 is 0 Å². The molecule has 84 valence electrons. The Morgan fingerprint density at radius 2 is 2.12 bits per heavy atom. The number of hydrogen-bond donors (Lipinski definition) is 1. The van der Waals surface area contributed by atoms with Crippen molar-refractivity contribution in [1.82, 2.24) is 4.72 Å². The van der Waals surface area contributed by atoms with Crippen LogP contribution in [-0.4, -0.2) is 10.1 Å². The second-order valence-electron chi connectivity index (χ2n) is 3.79. The molecule has 0 saturated heterocycles. The Hall–Kier alpha value is -1.42. The Kier molecular flexibility index (Phi) is 3.19. The van der Waals surface area contributed by atoms with E-state index in [9.17, 15) is 9.00 Å². The molecule has 4 heteroatoms. The molecule has 3 atom stereocenters. The lowest BCUT2D eigenvalue weighted by Crippen LogP contribution is -2.27. The zero-order valence-electron chi connectivity index (χ0n) is 8.76. The highest BCUT2D eigenvalue weighted by molar-refractivity contribution is 7.83. The number of rotatable bonds is 4. The van der Waals surface area contributed by atoms with Crippen molar-refractivity contribution in [3.63, 3.8) is 0 Å². The van der Waals surface area contributed by atoms with E-state index >= 15 is 0 Å². The molecule has 1 amide bonds. The van der Waals surface area contributed by atoms with Gasteiger partial charge in [-0.1, -0.05) is 24.3 Å². The monoisotopic (exact) mass is 235 g/mol. The van der Waals surface area contributed by atoms with E-state index in [4.69, 9.17) is 0 Å². The van der Waals surface area contributed by atoms with Gasteiger partial charge in [-0.2, -0.15) is 0 Å². The number of nitrogens with one attached hydrogen (secondary N) is 1. The highest BCUT2D eigenvalue weighted by Crippen LogP contribution is 2.39. The average molecular weight is 235 g/mol. The third-order valence-electron chi connectivity index (χ3n) is 2.63. The lowest BCUT2D eigenvalue weighted by Gasteiger charge is -2.03. The van der Waals surface area contributed by atoms with Gasteiger partial charge in [0.25, 0.3) is 0 Å². The molecule has 1 N–H and O–H groups in total. The van der Waals surface area contributed by atoms with Crippen LogP contribution in [0.5, 0.6) is 0 Å². The van der Waals surface area contributed by atoms with Gasteiger partial charge in [0.05, 0.1) is 4.90 Å². The number of benzene rings is 1. The topological polar surface area (TPSA) is 46.2 Å². The van der Waals surface area contributed by atoms with Crippen molar-refractivity contribution in [3.05, 3.63) is 43.0 Å². The first kappa shape index (κ1) is 11.1. The van der Waals surface area contributed by atoms with Gasteiger partial charge in [0, 0.05) is 5.92 Å². The van der Waals surface area contributed by atoms with Gasteiger partial charge in [0.2, 0.25) is 5.91 Å². The summed E-state index contributed by atoms with van der Waals surface area (Å²) in [5.74, 6) is 0.0741. The van der Waals surface area contributed by atoms with Gasteiger partial charge < -0.3 is 0 Å². The Labute approximate surface area is 97.1 Å². The normalized spacial score (nSPS) is 24.5. The van der Waals surface area contributed by atoms with Gasteiger partial charge in [-0.05, 0) is 24.5 Å². The van der Waals surface area contributed by atoms with E-state index in [1.165, 1.54) is 0 Å². The molecule has 0 spiro atoms. The molecule has 0 radical (unpaired) electrons. The van der Waals surface area contributed by atoms with Crippen molar-refractivity contribution in [2.24, 2.45) is 11.8 Å². The summed E-state index contributed by atoms with van der Waals surface area (Å²) in [4.78, 5) is 12.2. The summed E-state index contributed by atoms with van der Waals surface area (Å²) >= 11 is 0. The number of amides is 1. The van der Waals surface area contributed by atoms with Crippen LogP contribution in [0.1, 0.15) is 6.42 Å². The first-order chi connectivity index (χ1) is 7.72. The van der Waals surface area contributed by atoms with Crippen molar-refractivity contribution in [2.45, 2.75) is 11.3 Å². The number of carbonyl (C=O) groups is 1. The van der Waals surface area contributed by atoms with Crippen molar-refractivity contribution in [2.75, 3.05) is 0 Å². The minimum atomic E-state index is -1.44. The smallest absolute Gasteiger partial charge is 0.235 e. The van der Waals surface area contributed by atoms with Crippen LogP contribution < -0.4 is 4.72 Å². The summed E-state index contributed by atoms with van der Waals surface area (Å²) in [6, 6.07) is 8.89. The predicted molar refractivity (Wildman–Crippen MR) is 62.8 cm³/mol. The molecule has 1 fully saturated rings. The molecular formula is C12H13NO2S. The van der Waals surface area contributed by atoms with E-state index in [2.05, 4.69) is 11.3 Å². The van der Waals surface area contributed by atoms with E-state index in [1.807, 2.05) is 6.07 Å². The minimum absolute atomic E-state index is 0.0369. The minimum Gasteiger partial charge on any atom is -0.274 e. The van der Waals surface area contributed by atoms with Gasteiger partial charge in [0.15, 0.2) is 11.0 Å². The van der Waals surface area contributed by atoms with Crippen molar-refractivity contribution in [1.29, 1.82) is 0 Å². The molecule has 1 saturated carbocycles. The number of hydrogen-bond acceptors (Lipinski definition) is 2. The maximum Gasteiger partial charge on any atom is 0.235 e. The molecular weight excluding hydrogens is 222 g/mol. The highest BCUT2D eigenvalue weighted by Gasteiger charge is 2.41. The van der Waals surface area contributed by atoms with E-state index in [0.29, 0.717) is 4.90 Å². The third-order valence-corrected chi connectivity index (χ3v) is 3.72. The second-order valence-corrected chi connectivity index (χ2v) is 5.00. The van der Waals surface area contributed by atoms with Gasteiger partial charge in [0.1, 0.15) is 0 Å². The SMILES string of the molecule is C=CC1CC1C(=O)NS(=O)c1ccccc1. The molecule has 3 nitrogen and oxygen atoms in total. The Bertz CT molecular complexity index is 430. The van der Waals surface area contributed by atoms with E-state index in [0.717, 1.165) is 6.42 Å². The molecule has 0 bridgehead atoms. The van der Waals surface area contributed by atoms with E-state index in [1.54, 1.807) is 30.3 Å². The molecule has 0 aliphatic heterocycles. The summed E-state index contributed by atoms with van der Waals surface area (Å²) in [5.41, 5.74) is 0. The van der Waals surface area contributed by atoms with Crippen molar-refractivity contribution < 1.29 is 9.00 Å². The number of allylic oxidation sites excluding steroid dienone is 1. The van der Waals surface area contributed by atoms with Crippen LogP contribution in [0.15, 0.2) is 47.9 Å². The Morgan fingerprint density at radius 1 is 1.44 bits per heavy atom. The molecule has 1 aromatic rings. The lowest BCUT2D eigenvalue weighted by atomic mass is 10.3. The molecule has 0 aromatic heterocycles. The largest absolute Gasteiger partial charge is 0.274 e. The molecule has 16 heavy (non-hydrogen) atoms. The van der Waals surface area contributed by atoms with Gasteiger partial charge in [-0.25, -0.2) is 4.21 Å². The first-order valence-corrected chi connectivity index (χ1v) is 6.27. The summed E-state index contributed by atoms with van der Waals surface area (Å²) in [6.07, 6.45) is 2.59. The molecule has 1 aromatic carbocycles. The van der Waals surface area contributed by atoms with Crippen LogP contribution >= 0.6 is 0 Å². The lowest BCUT2D eigenvalue weighted by molar-refractivity contribution is -0.120.